The maximum absolute atomic E-state index is 14.0. The summed E-state index contributed by atoms with van der Waals surface area (Å²) in [5, 5.41) is 42.7. The van der Waals surface area contributed by atoms with Crippen molar-refractivity contribution in [2.75, 3.05) is 107 Å². The number of benzene rings is 4. The van der Waals surface area contributed by atoms with Crippen molar-refractivity contribution in [1.82, 2.24) is 74.3 Å². The first-order valence-electron chi connectivity index (χ1n) is 37.1. The number of anilines is 4. The van der Waals surface area contributed by atoms with Crippen LogP contribution < -0.4 is 89.8 Å². The van der Waals surface area contributed by atoms with E-state index in [9.17, 15) is 56.5 Å². The first-order chi connectivity index (χ1) is 56.7. The molecule has 0 aliphatic carbocycles. The zero-order chi connectivity index (χ0) is 85.8. The van der Waals surface area contributed by atoms with Crippen molar-refractivity contribution in [3.63, 3.8) is 0 Å². The zero-order valence-electron chi connectivity index (χ0n) is 68.9. The molecular formula is C88H124ClF4N20NaO16. The minimum Gasteiger partial charge on any atom is -0.870 e. The average Bonchev–Trinajstić information content (AvgIpc) is 1.67. The standard InChI is InChI=1S/C24H30FN5O5.C22H26FN5O5.C17H18FN5O3.C17H16FN5O2.8CH4.ClH.Na.H2O/c1-6-33-22(31)18-14-27-30-11-9-20(28-21(18)30)29(5)15-16-13-17(25)7-8-19(16)34-12-10-26-23(32)35-24(2,3)4;1-22(2,3)33-21(31)24-8-10-32-17-6-5-15(23)11-14(17)13-27(4)18-7-9-28-19(26-18)16(12-25-28)20(29)30;1-22(10-11-8-12(18)2-3-14(11)26-7-5-19)15-4-6-23-16(21-15)13(9-20-23)17(24)25;1-22-10-11-8-12(18)2-3-14(11)25-7-5-19-17(24)13-9-20-23-6-4-15(22)21-16(13)23;;;;;;;;;;;/h7-9,11,13-14H,6,10,12,15H2,1-5H3,(H,26,32);5-7,9,11-12H,8,10,13H2,1-4H3,(H,24,31)(H,29,30);2-4,6,8-9H,5,7,10,19H2,1H3,(H,24,25);2-4,6,8-9H,5,7,10H2,1H3,(H,19,24);8*1H4;1H;;1H2/q;;;;;;;;;;;;;+1;/p-1. The van der Waals surface area contributed by atoms with Gasteiger partial charge in [-0.1, -0.05) is 59.4 Å². The number of amides is 3. The van der Waals surface area contributed by atoms with Gasteiger partial charge in [0.1, 0.15) is 129 Å². The maximum Gasteiger partial charge on any atom is 1.00 e. The molecule has 42 heteroatoms. The normalized spacial score (nSPS) is 11.0. The van der Waals surface area contributed by atoms with Crippen molar-refractivity contribution in [2.45, 2.75) is 145 Å². The van der Waals surface area contributed by atoms with E-state index in [4.69, 9.17) is 38.9 Å². The molecule has 2 bridgehead atoms. The Morgan fingerprint density at radius 2 is 0.900 bits per heavy atom. The molecule has 0 radical (unpaired) electrons. The Balaban J connectivity index is 0. The van der Waals surface area contributed by atoms with Crippen LogP contribution in [0, 0.1) is 23.3 Å². The van der Waals surface area contributed by atoms with Gasteiger partial charge in [-0.05, 0) is 146 Å². The fourth-order valence-electron chi connectivity index (χ4n) is 11.5. The van der Waals surface area contributed by atoms with E-state index in [1.807, 2.05) is 11.9 Å². The van der Waals surface area contributed by atoms with Crippen LogP contribution in [0.15, 0.2) is 147 Å². The molecule has 0 spiro atoms. The van der Waals surface area contributed by atoms with Crippen LogP contribution in [-0.2, 0) is 40.4 Å². The molecule has 130 heavy (non-hydrogen) atoms. The van der Waals surface area contributed by atoms with Gasteiger partial charge in [-0.3, -0.25) is 4.79 Å². The van der Waals surface area contributed by atoms with Gasteiger partial charge < -0.3 is 90.1 Å². The van der Waals surface area contributed by atoms with Crippen LogP contribution in [0.1, 0.15) is 172 Å². The Morgan fingerprint density at radius 3 is 1.30 bits per heavy atom. The van der Waals surface area contributed by atoms with E-state index in [2.05, 4.69) is 56.3 Å². The number of fused-ring (bicyclic) bond motifs is 5. The smallest absolute Gasteiger partial charge is 0.870 e. The van der Waals surface area contributed by atoms with Gasteiger partial charge in [0.15, 0.2) is 22.6 Å². The third kappa shape index (κ3) is 33.0. The molecule has 13 rings (SSSR count). The van der Waals surface area contributed by atoms with Gasteiger partial charge in [-0.2, -0.15) is 20.4 Å². The molecule has 0 saturated heterocycles. The fourth-order valence-corrected chi connectivity index (χ4v) is 11.5. The first-order valence-corrected chi connectivity index (χ1v) is 37.1. The summed E-state index contributed by atoms with van der Waals surface area (Å²) >= 11 is 0. The second kappa shape index (κ2) is 54.4. The van der Waals surface area contributed by atoms with Gasteiger partial charge in [-0.25, -0.2) is 79.5 Å². The van der Waals surface area contributed by atoms with E-state index < -0.39 is 52.9 Å². The first kappa shape index (κ1) is 119. The number of nitrogens with zero attached hydrogens (tertiary/aromatic N) is 16. The van der Waals surface area contributed by atoms with Crippen LogP contribution in [0.3, 0.4) is 0 Å². The van der Waals surface area contributed by atoms with Gasteiger partial charge in [-0.15, -0.1) is 12.4 Å². The number of carboxylic acids is 2. The Hall–Kier alpha value is -12.9. The quantitative estimate of drug-likeness (QED) is 0.0108. The van der Waals surface area contributed by atoms with Gasteiger partial charge in [0.05, 0.1) is 51.0 Å². The number of hydrogen-bond donors (Lipinski definition) is 6. The van der Waals surface area contributed by atoms with E-state index in [1.165, 1.54) is 92.9 Å². The number of aromatic carboxylic acids is 2. The number of alkyl carbamates (subject to hydrolysis) is 2. The van der Waals surface area contributed by atoms with Gasteiger partial charge in [0.2, 0.25) is 0 Å². The number of ether oxygens (including phenoxy) is 7. The number of aromatic nitrogens is 12. The van der Waals surface area contributed by atoms with E-state index in [0.29, 0.717) is 118 Å². The molecule has 3 amide bonds. The molecule has 1 aliphatic heterocycles. The second-order valence-corrected chi connectivity index (χ2v) is 28.5. The number of nitrogens with two attached hydrogens (primary N) is 1. The molecule has 12 aromatic rings. The molecule has 708 valence electrons. The maximum atomic E-state index is 14.0. The van der Waals surface area contributed by atoms with E-state index >= 15 is 0 Å². The summed E-state index contributed by atoms with van der Waals surface area (Å²) in [5.41, 5.74) is 8.68. The molecule has 8 aromatic heterocycles. The van der Waals surface area contributed by atoms with Crippen molar-refractivity contribution in [2.24, 2.45) is 5.73 Å². The molecule has 1 aliphatic rings. The molecule has 0 saturated carbocycles. The number of nitrogens with one attached hydrogen (secondary N) is 3. The van der Waals surface area contributed by atoms with Crippen molar-refractivity contribution >= 4 is 94.3 Å². The number of halogens is 5. The summed E-state index contributed by atoms with van der Waals surface area (Å²) in [6.07, 6.45) is 11.0. The van der Waals surface area contributed by atoms with Crippen LogP contribution in [0.5, 0.6) is 23.0 Å². The summed E-state index contributed by atoms with van der Waals surface area (Å²) in [6, 6.07) is 24.0. The monoisotopic (exact) mass is 1850 g/mol. The molecule has 0 atom stereocenters. The Morgan fingerprint density at radius 1 is 0.531 bits per heavy atom. The molecule has 9 heterocycles. The van der Waals surface area contributed by atoms with Gasteiger partial charge in [0.25, 0.3) is 5.91 Å². The Kier molecular flexibility index (Phi) is 49.9. The number of carbonyl (C=O) groups is 6. The van der Waals surface area contributed by atoms with Crippen LogP contribution in [-0.4, -0.2) is 209 Å². The predicted octanol–water partition coefficient (Wildman–Crippen LogP) is 12.2. The summed E-state index contributed by atoms with van der Waals surface area (Å²) < 4.78 is 99.2. The molecular weight excluding hydrogens is 1730 g/mol. The number of carboxylic acid groups (broad SMARTS) is 2. The van der Waals surface area contributed by atoms with E-state index in [1.54, 1.807) is 156 Å². The topological polar surface area (TPSA) is 433 Å². The number of esters is 1. The minimum absolute atomic E-state index is 0. The molecule has 0 unspecified atom stereocenters. The second-order valence-electron chi connectivity index (χ2n) is 28.5. The zero-order valence-corrected chi connectivity index (χ0v) is 71.7. The fraction of sp³-hybridized carbons (Fsp3) is 0.386. The van der Waals surface area contributed by atoms with Crippen molar-refractivity contribution in [3.05, 3.63) is 214 Å². The van der Waals surface area contributed by atoms with Crippen LogP contribution in [0.4, 0.5) is 50.4 Å². The van der Waals surface area contributed by atoms with Crippen LogP contribution in [0.2, 0.25) is 0 Å². The number of carbonyl (C=O) groups excluding carboxylic acids is 4. The van der Waals surface area contributed by atoms with Crippen molar-refractivity contribution in [1.29, 1.82) is 0 Å². The van der Waals surface area contributed by atoms with Crippen LogP contribution >= 0.6 is 12.4 Å². The Bertz CT molecular complexity index is 5620. The SMILES string of the molecule is C.C.C.C.C.C.C.C.CCOC(=O)c1cnn2ccc(N(C)Cc3cc(F)ccc3OCCNC(=O)OC(C)(C)C)nc12.CN(Cc1cc(F)ccc1OCCN)c1ccn2ncc(C(=O)O)c2n1.CN(Cc1cc(F)ccc1OCCNC(=O)OC(C)(C)C)c1ccn2ncc(C(=O)O)c2n1.CN1Cc2cc(F)ccc2OCCNC(=O)c2cnn3ccc1nc23.Cl.[Na+].[OH-]. The Labute approximate surface area is 784 Å². The molecule has 0 fully saturated rings. The minimum atomic E-state index is -1.13. The van der Waals surface area contributed by atoms with Crippen molar-refractivity contribution < 1.29 is 125 Å². The average molecular weight is 1850 g/mol. The summed E-state index contributed by atoms with van der Waals surface area (Å²) in [6.45, 7) is 15.9. The third-order valence-corrected chi connectivity index (χ3v) is 17.0. The molecule has 36 nitrogen and oxygen atoms in total. The summed E-state index contributed by atoms with van der Waals surface area (Å²) in [4.78, 5) is 95.6. The predicted molar refractivity (Wildman–Crippen MR) is 491 cm³/mol. The van der Waals surface area contributed by atoms with E-state index in [-0.39, 0.29) is 205 Å². The van der Waals surface area contributed by atoms with Gasteiger partial charge in [0, 0.05) is 108 Å². The van der Waals surface area contributed by atoms with Gasteiger partial charge >= 0.3 is 59.7 Å². The number of rotatable bonds is 24. The largest absolute Gasteiger partial charge is 1.00 e. The summed E-state index contributed by atoms with van der Waals surface area (Å²) in [7, 11) is 7.16. The van der Waals surface area contributed by atoms with Crippen molar-refractivity contribution in [3.8, 4) is 23.0 Å². The molecule has 8 N–H and O–H groups in total. The van der Waals surface area contributed by atoms with Crippen LogP contribution in [0.25, 0.3) is 22.6 Å². The number of hydrogen-bond acceptors (Lipinski definition) is 27. The summed E-state index contributed by atoms with van der Waals surface area (Å²) in [5.74, 6) is -0.270. The van der Waals surface area contributed by atoms with E-state index in [0.717, 1.165) is 0 Å². The third-order valence-electron chi connectivity index (χ3n) is 17.0. The molecule has 4 aromatic carbocycles.